The molecular weight excluding hydrogens is 281 g/mol. The van der Waals surface area contributed by atoms with Gasteiger partial charge in [0.1, 0.15) is 0 Å². The van der Waals surface area contributed by atoms with Crippen LogP contribution in [0.25, 0.3) is 16.9 Å². The van der Waals surface area contributed by atoms with Crippen LogP contribution in [0.1, 0.15) is 18.3 Å². The largest absolute Gasteiger partial charge is 0.416 e. The third kappa shape index (κ3) is 2.46. The summed E-state index contributed by atoms with van der Waals surface area (Å²) < 4.78 is 39.3. The van der Waals surface area contributed by atoms with E-state index in [1.807, 2.05) is 6.92 Å². The smallest absolute Gasteiger partial charge is 0.197 e. The van der Waals surface area contributed by atoms with Crippen LogP contribution >= 0.6 is 0 Å². The molecule has 0 aliphatic rings. The van der Waals surface area contributed by atoms with E-state index in [1.165, 1.54) is 12.1 Å². The first-order valence-corrected chi connectivity index (χ1v) is 6.38. The van der Waals surface area contributed by atoms with Gasteiger partial charge in [-0.1, -0.05) is 19.1 Å². The van der Waals surface area contributed by atoms with Crippen LogP contribution in [0.4, 0.5) is 13.2 Å². The average Bonchev–Trinajstić information content (AvgIpc) is 2.88. The van der Waals surface area contributed by atoms with Gasteiger partial charge in [-0.05, 0) is 24.3 Å². The minimum absolute atomic E-state index is 0.575. The second-order valence-corrected chi connectivity index (χ2v) is 4.53. The Balaban J connectivity index is 2.03. The number of halogens is 3. The lowest BCUT2D eigenvalue weighted by Gasteiger charge is -2.07. The Bertz CT molecular complexity index is 775. The first kappa shape index (κ1) is 13.5. The van der Waals surface area contributed by atoms with Crippen molar-refractivity contribution in [2.45, 2.75) is 19.5 Å². The van der Waals surface area contributed by atoms with Gasteiger partial charge in [0.15, 0.2) is 11.5 Å². The van der Waals surface area contributed by atoms with Crippen molar-refractivity contribution in [2.75, 3.05) is 0 Å². The van der Waals surface area contributed by atoms with Crippen LogP contribution in [0.2, 0.25) is 0 Å². The van der Waals surface area contributed by atoms with E-state index >= 15 is 0 Å². The molecule has 0 unspecified atom stereocenters. The van der Waals surface area contributed by atoms with Crippen LogP contribution in [-0.4, -0.2) is 19.8 Å². The molecule has 7 heteroatoms. The standard InChI is InChI=1S/C14H11F3N4/c1-2-12-18-19-13-8-7-11(20-21(12)13)9-3-5-10(6-4-9)14(15,16)17/h3-8H,2H2,1H3. The number of fused-ring (bicyclic) bond motifs is 1. The Morgan fingerprint density at radius 2 is 1.71 bits per heavy atom. The molecule has 0 bridgehead atoms. The van der Waals surface area contributed by atoms with Crippen molar-refractivity contribution in [3.8, 4) is 11.3 Å². The Morgan fingerprint density at radius 3 is 2.33 bits per heavy atom. The van der Waals surface area contributed by atoms with Gasteiger partial charge in [0.25, 0.3) is 0 Å². The zero-order valence-corrected chi connectivity index (χ0v) is 11.1. The van der Waals surface area contributed by atoms with Crippen molar-refractivity contribution in [1.29, 1.82) is 0 Å². The maximum atomic E-state index is 12.6. The maximum Gasteiger partial charge on any atom is 0.416 e. The first-order chi connectivity index (χ1) is 9.99. The molecule has 0 amide bonds. The number of nitrogens with zero attached hydrogens (tertiary/aromatic N) is 4. The Kier molecular flexibility index (Phi) is 3.12. The fourth-order valence-corrected chi connectivity index (χ4v) is 2.04. The molecule has 3 aromatic rings. The minimum Gasteiger partial charge on any atom is -0.197 e. The van der Waals surface area contributed by atoms with Crippen LogP contribution < -0.4 is 0 Å². The zero-order valence-electron chi connectivity index (χ0n) is 11.1. The summed E-state index contributed by atoms with van der Waals surface area (Å²) in [6, 6.07) is 8.38. The molecular formula is C14H11F3N4. The van der Waals surface area contributed by atoms with E-state index in [4.69, 9.17) is 0 Å². The number of alkyl halides is 3. The molecule has 0 radical (unpaired) electrons. The fraction of sp³-hybridized carbons (Fsp3) is 0.214. The Morgan fingerprint density at radius 1 is 1.00 bits per heavy atom. The lowest BCUT2D eigenvalue weighted by atomic mass is 10.1. The molecule has 2 aromatic heterocycles. The van der Waals surface area contributed by atoms with Crippen LogP contribution in [-0.2, 0) is 12.6 Å². The molecule has 1 aromatic carbocycles. The zero-order chi connectivity index (χ0) is 15.0. The number of aromatic nitrogens is 4. The molecule has 21 heavy (non-hydrogen) atoms. The van der Waals surface area contributed by atoms with E-state index in [-0.39, 0.29) is 0 Å². The minimum atomic E-state index is -4.33. The van der Waals surface area contributed by atoms with Crippen molar-refractivity contribution in [3.05, 3.63) is 47.8 Å². The SMILES string of the molecule is CCc1nnc2ccc(-c3ccc(C(F)(F)F)cc3)nn12. The molecule has 0 N–H and O–H groups in total. The second-order valence-electron chi connectivity index (χ2n) is 4.53. The molecule has 0 saturated heterocycles. The number of hydrogen-bond acceptors (Lipinski definition) is 3. The highest BCUT2D eigenvalue weighted by atomic mass is 19.4. The van der Waals surface area contributed by atoms with Crippen molar-refractivity contribution in [3.63, 3.8) is 0 Å². The molecule has 0 atom stereocenters. The van der Waals surface area contributed by atoms with E-state index in [0.29, 0.717) is 29.1 Å². The molecule has 4 nitrogen and oxygen atoms in total. The van der Waals surface area contributed by atoms with E-state index in [2.05, 4.69) is 15.3 Å². The van der Waals surface area contributed by atoms with Crippen molar-refractivity contribution >= 4 is 5.65 Å². The van der Waals surface area contributed by atoms with Gasteiger partial charge in [-0.3, -0.25) is 0 Å². The van der Waals surface area contributed by atoms with Crippen LogP contribution in [0.5, 0.6) is 0 Å². The molecule has 2 heterocycles. The van der Waals surface area contributed by atoms with Crippen molar-refractivity contribution in [1.82, 2.24) is 19.8 Å². The lowest BCUT2D eigenvalue weighted by molar-refractivity contribution is -0.137. The third-order valence-electron chi connectivity index (χ3n) is 3.15. The number of benzene rings is 1. The predicted octanol–water partition coefficient (Wildman–Crippen LogP) is 3.37. The highest BCUT2D eigenvalue weighted by Crippen LogP contribution is 2.30. The summed E-state index contributed by atoms with van der Waals surface area (Å²) in [6.45, 7) is 1.93. The Hall–Kier alpha value is -2.44. The summed E-state index contributed by atoms with van der Waals surface area (Å²) in [6.07, 6.45) is -3.66. The summed E-state index contributed by atoms with van der Waals surface area (Å²) in [4.78, 5) is 0. The quantitative estimate of drug-likeness (QED) is 0.727. The van der Waals surface area contributed by atoms with E-state index < -0.39 is 11.7 Å². The molecule has 108 valence electrons. The molecule has 0 spiro atoms. The lowest BCUT2D eigenvalue weighted by Crippen LogP contribution is -2.04. The normalized spacial score (nSPS) is 12.0. The van der Waals surface area contributed by atoms with Crippen LogP contribution in [0.3, 0.4) is 0 Å². The van der Waals surface area contributed by atoms with E-state index in [9.17, 15) is 13.2 Å². The third-order valence-corrected chi connectivity index (χ3v) is 3.15. The average molecular weight is 292 g/mol. The molecule has 0 saturated carbocycles. The molecule has 3 rings (SSSR count). The van der Waals surface area contributed by atoms with Gasteiger partial charge in [0, 0.05) is 12.0 Å². The van der Waals surface area contributed by atoms with Gasteiger partial charge in [-0.25, -0.2) is 0 Å². The van der Waals surface area contributed by atoms with E-state index in [0.717, 1.165) is 12.1 Å². The summed E-state index contributed by atoms with van der Waals surface area (Å²) >= 11 is 0. The summed E-state index contributed by atoms with van der Waals surface area (Å²) in [7, 11) is 0. The monoisotopic (exact) mass is 292 g/mol. The number of hydrogen-bond donors (Lipinski definition) is 0. The van der Waals surface area contributed by atoms with Gasteiger partial charge >= 0.3 is 6.18 Å². The molecule has 0 aliphatic carbocycles. The first-order valence-electron chi connectivity index (χ1n) is 6.38. The summed E-state index contributed by atoms with van der Waals surface area (Å²) in [5, 5.41) is 12.3. The van der Waals surface area contributed by atoms with Gasteiger partial charge in [-0.2, -0.15) is 22.8 Å². The highest BCUT2D eigenvalue weighted by Gasteiger charge is 2.30. The highest BCUT2D eigenvalue weighted by molar-refractivity contribution is 5.60. The van der Waals surface area contributed by atoms with Gasteiger partial charge in [-0.15, -0.1) is 10.2 Å². The maximum absolute atomic E-state index is 12.6. The van der Waals surface area contributed by atoms with Gasteiger partial charge < -0.3 is 0 Å². The summed E-state index contributed by atoms with van der Waals surface area (Å²) in [5.74, 6) is 0.707. The van der Waals surface area contributed by atoms with Crippen LogP contribution in [0.15, 0.2) is 36.4 Å². The van der Waals surface area contributed by atoms with Crippen LogP contribution in [0, 0.1) is 0 Å². The predicted molar refractivity (Wildman–Crippen MR) is 70.6 cm³/mol. The van der Waals surface area contributed by atoms with Crippen molar-refractivity contribution in [2.24, 2.45) is 0 Å². The van der Waals surface area contributed by atoms with Gasteiger partial charge in [0.2, 0.25) is 0 Å². The molecule has 0 fully saturated rings. The number of aryl methyl sites for hydroxylation is 1. The fourth-order valence-electron chi connectivity index (χ4n) is 2.04. The topological polar surface area (TPSA) is 43.1 Å². The van der Waals surface area contributed by atoms with Crippen molar-refractivity contribution < 1.29 is 13.2 Å². The van der Waals surface area contributed by atoms with E-state index in [1.54, 1.807) is 16.6 Å². The Labute approximate surface area is 118 Å². The van der Waals surface area contributed by atoms with Gasteiger partial charge in [0.05, 0.1) is 11.3 Å². The number of rotatable bonds is 2. The molecule has 0 aliphatic heterocycles. The second kappa shape index (κ2) is 4.83. The summed E-state index contributed by atoms with van der Waals surface area (Å²) in [5.41, 5.74) is 1.12.